The maximum absolute atomic E-state index is 12.1. The molecule has 0 bridgehead atoms. The van der Waals surface area contributed by atoms with Gasteiger partial charge in [-0.15, -0.1) is 10.2 Å². The van der Waals surface area contributed by atoms with Crippen LogP contribution < -0.4 is 5.32 Å². The van der Waals surface area contributed by atoms with Gasteiger partial charge in [0.05, 0.1) is 12.0 Å². The third-order valence-corrected chi connectivity index (χ3v) is 5.51. The molecule has 0 aliphatic carbocycles. The number of esters is 1. The van der Waals surface area contributed by atoms with E-state index in [2.05, 4.69) is 27.6 Å². The van der Waals surface area contributed by atoms with E-state index in [9.17, 15) is 9.59 Å². The minimum atomic E-state index is -0.484. The molecule has 2 heterocycles. The predicted molar refractivity (Wildman–Crippen MR) is 117 cm³/mol. The van der Waals surface area contributed by atoms with E-state index in [1.165, 1.54) is 17.3 Å². The Morgan fingerprint density at radius 3 is 2.71 bits per heavy atom. The molecule has 164 valence electrons. The second kappa shape index (κ2) is 11.4. The fourth-order valence-electron chi connectivity index (χ4n) is 3.00. The van der Waals surface area contributed by atoms with E-state index in [4.69, 9.17) is 9.15 Å². The van der Waals surface area contributed by atoms with Gasteiger partial charge >= 0.3 is 5.97 Å². The van der Waals surface area contributed by atoms with Gasteiger partial charge in [-0.05, 0) is 44.4 Å². The molecular formula is C22H26N4O4S. The van der Waals surface area contributed by atoms with Gasteiger partial charge in [0, 0.05) is 12.6 Å². The molecule has 1 N–H and O–H groups in total. The van der Waals surface area contributed by atoms with Crippen LogP contribution in [0.15, 0.2) is 58.3 Å². The Morgan fingerprint density at radius 1 is 1.19 bits per heavy atom. The molecule has 2 aromatic heterocycles. The van der Waals surface area contributed by atoms with E-state index in [0.717, 1.165) is 12.8 Å². The summed E-state index contributed by atoms with van der Waals surface area (Å²) in [4.78, 5) is 24.1. The van der Waals surface area contributed by atoms with Crippen LogP contribution in [0.5, 0.6) is 0 Å². The molecule has 9 heteroatoms. The van der Waals surface area contributed by atoms with Gasteiger partial charge in [0.25, 0.3) is 5.91 Å². The number of hydrogen-bond acceptors (Lipinski definition) is 7. The van der Waals surface area contributed by atoms with Crippen molar-refractivity contribution in [2.45, 2.75) is 44.4 Å². The fourth-order valence-corrected chi connectivity index (χ4v) is 3.80. The number of thioether (sulfide) groups is 1. The summed E-state index contributed by atoms with van der Waals surface area (Å²) < 4.78 is 12.3. The Kier molecular flexibility index (Phi) is 8.28. The summed E-state index contributed by atoms with van der Waals surface area (Å²) in [5, 5.41) is 11.7. The lowest BCUT2D eigenvalue weighted by Gasteiger charge is -2.14. The van der Waals surface area contributed by atoms with E-state index in [1.54, 1.807) is 18.4 Å². The number of amides is 1. The zero-order valence-corrected chi connectivity index (χ0v) is 18.4. The van der Waals surface area contributed by atoms with Gasteiger partial charge in [-0.3, -0.25) is 14.2 Å². The van der Waals surface area contributed by atoms with E-state index in [1.807, 2.05) is 36.6 Å². The summed E-state index contributed by atoms with van der Waals surface area (Å²) >= 11 is 1.21. The van der Waals surface area contributed by atoms with E-state index in [-0.39, 0.29) is 24.3 Å². The summed E-state index contributed by atoms with van der Waals surface area (Å²) in [6.07, 6.45) is 3.25. The Morgan fingerprint density at radius 2 is 2.00 bits per heavy atom. The number of benzene rings is 1. The number of aromatic nitrogens is 3. The lowest BCUT2D eigenvalue weighted by atomic mass is 10.1. The van der Waals surface area contributed by atoms with Crippen molar-refractivity contribution in [3.05, 3.63) is 54.3 Å². The zero-order valence-electron chi connectivity index (χ0n) is 17.6. The van der Waals surface area contributed by atoms with Gasteiger partial charge in [-0.25, -0.2) is 0 Å². The van der Waals surface area contributed by atoms with Crippen molar-refractivity contribution in [1.29, 1.82) is 0 Å². The fraction of sp³-hybridized carbons (Fsp3) is 0.364. The molecule has 0 spiro atoms. The highest BCUT2D eigenvalue weighted by molar-refractivity contribution is 7.99. The second-order valence-electron chi connectivity index (χ2n) is 6.97. The van der Waals surface area contributed by atoms with Gasteiger partial charge in [0.2, 0.25) is 0 Å². The number of rotatable bonds is 11. The Hall–Kier alpha value is -3.07. The first kappa shape index (κ1) is 22.6. The molecular weight excluding hydrogens is 416 g/mol. The molecule has 1 aromatic carbocycles. The lowest BCUT2D eigenvalue weighted by Crippen LogP contribution is -2.36. The van der Waals surface area contributed by atoms with Crippen LogP contribution in [0.3, 0.4) is 0 Å². The van der Waals surface area contributed by atoms with Crippen molar-refractivity contribution in [1.82, 2.24) is 20.1 Å². The first-order chi connectivity index (χ1) is 15.1. The smallest absolute Gasteiger partial charge is 0.316 e. The van der Waals surface area contributed by atoms with E-state index < -0.39 is 5.97 Å². The first-order valence-electron chi connectivity index (χ1n) is 10.2. The number of hydrogen-bond donors (Lipinski definition) is 1. The highest BCUT2D eigenvalue weighted by atomic mass is 32.2. The zero-order chi connectivity index (χ0) is 22.1. The third kappa shape index (κ3) is 6.71. The summed E-state index contributed by atoms with van der Waals surface area (Å²) in [6, 6.07) is 13.7. The van der Waals surface area contributed by atoms with Crippen LogP contribution in [-0.4, -0.2) is 45.0 Å². The molecule has 0 saturated carbocycles. The number of carbonyl (C=O) groups excluding carboxylic acids is 2. The summed E-state index contributed by atoms with van der Waals surface area (Å²) in [5.74, 6) is 0.458. The van der Waals surface area contributed by atoms with Crippen molar-refractivity contribution in [3.63, 3.8) is 0 Å². The monoisotopic (exact) mass is 442 g/mol. The van der Waals surface area contributed by atoms with Gasteiger partial charge in [-0.2, -0.15) is 0 Å². The van der Waals surface area contributed by atoms with Crippen molar-refractivity contribution < 1.29 is 18.7 Å². The average molecular weight is 443 g/mol. The molecule has 0 aliphatic heterocycles. The summed E-state index contributed by atoms with van der Waals surface area (Å²) in [6.45, 7) is 4.23. The first-order valence-corrected chi connectivity index (χ1v) is 11.1. The van der Waals surface area contributed by atoms with Crippen LogP contribution in [0.25, 0.3) is 11.6 Å². The Balaban J connectivity index is 1.38. The molecule has 0 fully saturated rings. The number of furan rings is 1. The predicted octanol–water partition coefficient (Wildman–Crippen LogP) is 3.33. The SMILES string of the molecule is CCn1c(SCC(=O)OCC(=O)NC(C)CCc2ccccc2)nnc1-c1ccco1. The molecule has 3 aromatic rings. The molecule has 3 rings (SSSR count). The minimum absolute atomic E-state index is 0.0103. The van der Waals surface area contributed by atoms with Gasteiger partial charge in [0.15, 0.2) is 23.3 Å². The van der Waals surface area contributed by atoms with Crippen LogP contribution in [0, 0.1) is 0 Å². The summed E-state index contributed by atoms with van der Waals surface area (Å²) in [7, 11) is 0. The van der Waals surface area contributed by atoms with Crippen LogP contribution in [0.2, 0.25) is 0 Å². The molecule has 1 unspecified atom stereocenters. The highest BCUT2D eigenvalue weighted by Crippen LogP contribution is 2.24. The largest absolute Gasteiger partial charge is 0.461 e. The van der Waals surface area contributed by atoms with E-state index in [0.29, 0.717) is 23.3 Å². The van der Waals surface area contributed by atoms with Crippen molar-refractivity contribution in [3.8, 4) is 11.6 Å². The maximum Gasteiger partial charge on any atom is 0.316 e. The third-order valence-electron chi connectivity index (χ3n) is 4.57. The molecule has 0 radical (unpaired) electrons. The van der Waals surface area contributed by atoms with Crippen LogP contribution >= 0.6 is 11.8 Å². The number of nitrogens with zero attached hydrogens (tertiary/aromatic N) is 3. The Bertz CT molecular complexity index is 973. The molecule has 31 heavy (non-hydrogen) atoms. The topological polar surface area (TPSA) is 99.2 Å². The molecule has 1 atom stereocenters. The number of nitrogens with one attached hydrogen (secondary N) is 1. The highest BCUT2D eigenvalue weighted by Gasteiger charge is 2.17. The summed E-state index contributed by atoms with van der Waals surface area (Å²) in [5.41, 5.74) is 1.22. The van der Waals surface area contributed by atoms with Gasteiger partial charge in [0.1, 0.15) is 0 Å². The number of carbonyl (C=O) groups is 2. The molecule has 0 aliphatic rings. The standard InChI is InChI=1S/C22H26N4O4S/c1-3-26-21(18-10-7-13-29-18)24-25-22(26)31-15-20(28)30-14-19(27)23-16(2)11-12-17-8-5-4-6-9-17/h4-10,13,16H,3,11-12,14-15H2,1-2H3,(H,23,27). The normalized spacial score (nSPS) is 11.8. The average Bonchev–Trinajstić information content (AvgIpc) is 3.45. The van der Waals surface area contributed by atoms with Crippen LogP contribution in [0.1, 0.15) is 25.8 Å². The van der Waals surface area contributed by atoms with E-state index >= 15 is 0 Å². The molecule has 0 saturated heterocycles. The lowest BCUT2D eigenvalue weighted by molar-refractivity contribution is -0.146. The van der Waals surface area contributed by atoms with Gasteiger partial charge in [-0.1, -0.05) is 42.1 Å². The maximum atomic E-state index is 12.1. The van der Waals surface area contributed by atoms with Crippen LogP contribution in [0.4, 0.5) is 0 Å². The second-order valence-corrected chi connectivity index (χ2v) is 7.91. The minimum Gasteiger partial charge on any atom is -0.461 e. The Labute approximate surface area is 185 Å². The molecule has 8 nitrogen and oxygen atoms in total. The van der Waals surface area contributed by atoms with Crippen molar-refractivity contribution >= 4 is 23.6 Å². The van der Waals surface area contributed by atoms with Crippen LogP contribution in [-0.2, 0) is 27.3 Å². The quantitative estimate of drug-likeness (QED) is 0.359. The van der Waals surface area contributed by atoms with Gasteiger partial charge < -0.3 is 14.5 Å². The number of ether oxygens (including phenoxy) is 1. The van der Waals surface area contributed by atoms with Crippen molar-refractivity contribution in [2.24, 2.45) is 0 Å². The molecule has 1 amide bonds. The van der Waals surface area contributed by atoms with Crippen molar-refractivity contribution in [2.75, 3.05) is 12.4 Å². The number of aryl methyl sites for hydroxylation is 1.